The predicted molar refractivity (Wildman–Crippen MR) is 73.2 cm³/mol. The summed E-state index contributed by atoms with van der Waals surface area (Å²) < 4.78 is 0. The lowest BCUT2D eigenvalue weighted by Crippen LogP contribution is -2.00. The monoisotopic (exact) mass is 244 g/mol. The molecule has 0 aliphatic heterocycles. The van der Waals surface area contributed by atoms with Crippen LogP contribution in [0, 0.1) is 0 Å². The second kappa shape index (κ2) is 4.98. The highest BCUT2D eigenvalue weighted by atomic mass is 16.3. The largest absolute Gasteiger partial charge is 0.508 e. The molecule has 4 heteroatoms. The Morgan fingerprint density at radius 1 is 1.06 bits per heavy atom. The maximum atomic E-state index is 9.56. The lowest BCUT2D eigenvalue weighted by atomic mass is 9.98. The number of rotatable bonds is 3. The van der Waals surface area contributed by atoms with Crippen molar-refractivity contribution in [3.63, 3.8) is 0 Å². The summed E-state index contributed by atoms with van der Waals surface area (Å²) in [6.07, 6.45) is 0.508. The van der Waals surface area contributed by atoms with E-state index < -0.39 is 0 Å². The summed E-state index contributed by atoms with van der Waals surface area (Å²) in [7, 11) is 0. The van der Waals surface area contributed by atoms with Gasteiger partial charge in [-0.05, 0) is 29.7 Å². The van der Waals surface area contributed by atoms with Gasteiger partial charge in [0.1, 0.15) is 5.75 Å². The Kier molecular flexibility index (Phi) is 3.39. The molecule has 94 valence electrons. The molecule has 2 aromatic carbocycles. The van der Waals surface area contributed by atoms with Gasteiger partial charge in [0.05, 0.1) is 0 Å². The lowest BCUT2D eigenvalue weighted by Gasteiger charge is -2.11. The highest BCUT2D eigenvalue weighted by Gasteiger charge is 2.08. The van der Waals surface area contributed by atoms with Crippen molar-refractivity contribution >= 4 is 11.4 Å². The van der Waals surface area contributed by atoms with Crippen molar-refractivity contribution in [3.05, 3.63) is 42.0 Å². The minimum atomic E-state index is 0.0514. The van der Waals surface area contributed by atoms with Crippen LogP contribution in [0.4, 0.5) is 11.4 Å². The number of benzene rings is 2. The first-order valence-electron chi connectivity index (χ1n) is 5.70. The molecule has 0 spiro atoms. The van der Waals surface area contributed by atoms with E-state index in [-0.39, 0.29) is 12.4 Å². The maximum absolute atomic E-state index is 9.56. The van der Waals surface area contributed by atoms with Gasteiger partial charge in [0, 0.05) is 29.6 Å². The zero-order valence-electron chi connectivity index (χ0n) is 9.93. The SMILES string of the molecule is Nc1cc(O)cc(-c2cccc(CCO)c2N)c1. The van der Waals surface area contributed by atoms with Crippen molar-refractivity contribution in [3.8, 4) is 16.9 Å². The lowest BCUT2D eigenvalue weighted by molar-refractivity contribution is 0.300. The van der Waals surface area contributed by atoms with E-state index >= 15 is 0 Å². The Balaban J connectivity index is 2.53. The van der Waals surface area contributed by atoms with Gasteiger partial charge in [-0.3, -0.25) is 0 Å². The summed E-state index contributed by atoms with van der Waals surface area (Å²) in [5, 5.41) is 18.5. The van der Waals surface area contributed by atoms with Gasteiger partial charge in [-0.25, -0.2) is 0 Å². The van der Waals surface area contributed by atoms with Gasteiger partial charge < -0.3 is 21.7 Å². The Morgan fingerprint density at radius 2 is 1.83 bits per heavy atom. The minimum Gasteiger partial charge on any atom is -0.508 e. The van der Waals surface area contributed by atoms with Gasteiger partial charge in [0.25, 0.3) is 0 Å². The Hall–Kier alpha value is -2.20. The number of para-hydroxylation sites is 1. The minimum absolute atomic E-state index is 0.0514. The summed E-state index contributed by atoms with van der Waals surface area (Å²) in [5.41, 5.74) is 15.3. The maximum Gasteiger partial charge on any atom is 0.118 e. The molecule has 0 atom stereocenters. The number of nitrogen functional groups attached to an aromatic ring is 2. The average molecular weight is 244 g/mol. The first kappa shape index (κ1) is 12.3. The Morgan fingerprint density at radius 3 is 2.50 bits per heavy atom. The van der Waals surface area contributed by atoms with Crippen molar-refractivity contribution < 1.29 is 10.2 Å². The number of hydrogen-bond acceptors (Lipinski definition) is 4. The van der Waals surface area contributed by atoms with E-state index in [4.69, 9.17) is 16.6 Å². The smallest absolute Gasteiger partial charge is 0.118 e. The van der Waals surface area contributed by atoms with Gasteiger partial charge in [-0.2, -0.15) is 0 Å². The first-order chi connectivity index (χ1) is 8.61. The standard InChI is InChI=1S/C14H16N2O2/c15-11-6-10(7-12(18)8-11)13-3-1-2-9(4-5-17)14(13)16/h1-3,6-8,17-18H,4-5,15-16H2. The van der Waals surface area contributed by atoms with Gasteiger partial charge >= 0.3 is 0 Å². The number of nitrogens with two attached hydrogens (primary N) is 2. The molecule has 0 heterocycles. The van der Waals surface area contributed by atoms with E-state index in [1.807, 2.05) is 18.2 Å². The quantitative estimate of drug-likeness (QED) is 0.619. The molecule has 0 fully saturated rings. The number of aliphatic hydroxyl groups is 1. The molecule has 18 heavy (non-hydrogen) atoms. The molecule has 0 aromatic heterocycles. The second-order valence-electron chi connectivity index (χ2n) is 4.17. The summed E-state index contributed by atoms with van der Waals surface area (Å²) in [6, 6.07) is 10.5. The molecule has 0 unspecified atom stereocenters. The van der Waals surface area contributed by atoms with Crippen molar-refractivity contribution in [1.29, 1.82) is 0 Å². The number of aliphatic hydroxyl groups excluding tert-OH is 1. The molecule has 4 nitrogen and oxygen atoms in total. The third-order valence-electron chi connectivity index (χ3n) is 2.83. The normalized spacial score (nSPS) is 10.5. The zero-order valence-corrected chi connectivity index (χ0v) is 9.93. The van der Waals surface area contributed by atoms with Crippen LogP contribution in [0.25, 0.3) is 11.1 Å². The number of phenolic OH excluding ortho intramolecular Hbond substituents is 1. The second-order valence-corrected chi connectivity index (χ2v) is 4.17. The topological polar surface area (TPSA) is 92.5 Å². The van der Waals surface area contributed by atoms with E-state index in [1.165, 1.54) is 6.07 Å². The van der Waals surface area contributed by atoms with Gasteiger partial charge in [0.2, 0.25) is 0 Å². The van der Waals surface area contributed by atoms with E-state index in [0.717, 1.165) is 16.7 Å². The fourth-order valence-electron chi connectivity index (χ4n) is 1.99. The van der Waals surface area contributed by atoms with Crippen LogP contribution in [-0.4, -0.2) is 16.8 Å². The summed E-state index contributed by atoms with van der Waals surface area (Å²) in [4.78, 5) is 0. The van der Waals surface area contributed by atoms with Crippen LogP contribution in [0.1, 0.15) is 5.56 Å². The fourth-order valence-corrected chi connectivity index (χ4v) is 1.99. The molecule has 0 aliphatic carbocycles. The van der Waals surface area contributed by atoms with Crippen LogP contribution in [0.15, 0.2) is 36.4 Å². The molecule has 0 bridgehead atoms. The van der Waals surface area contributed by atoms with E-state index in [1.54, 1.807) is 12.1 Å². The third kappa shape index (κ3) is 2.38. The van der Waals surface area contributed by atoms with Crippen LogP contribution in [-0.2, 0) is 6.42 Å². The molecule has 0 saturated carbocycles. The van der Waals surface area contributed by atoms with E-state index in [2.05, 4.69) is 0 Å². The van der Waals surface area contributed by atoms with Crippen molar-refractivity contribution in [1.82, 2.24) is 0 Å². The molecule has 0 radical (unpaired) electrons. The highest BCUT2D eigenvalue weighted by molar-refractivity contribution is 5.81. The number of hydrogen-bond donors (Lipinski definition) is 4. The summed E-state index contributed by atoms with van der Waals surface area (Å²) in [5.74, 6) is 0.108. The summed E-state index contributed by atoms with van der Waals surface area (Å²) in [6.45, 7) is 0.0514. The van der Waals surface area contributed by atoms with Gasteiger partial charge in [-0.1, -0.05) is 18.2 Å². The number of anilines is 2. The van der Waals surface area contributed by atoms with Gasteiger partial charge in [0.15, 0.2) is 0 Å². The molecule has 0 saturated heterocycles. The van der Waals surface area contributed by atoms with E-state index in [9.17, 15) is 5.11 Å². The molecule has 0 aliphatic rings. The van der Waals surface area contributed by atoms with Gasteiger partial charge in [-0.15, -0.1) is 0 Å². The van der Waals surface area contributed by atoms with Crippen LogP contribution in [0.2, 0.25) is 0 Å². The van der Waals surface area contributed by atoms with Crippen molar-refractivity contribution in [2.24, 2.45) is 0 Å². The molecule has 0 amide bonds. The van der Waals surface area contributed by atoms with Crippen LogP contribution >= 0.6 is 0 Å². The number of phenols is 1. The van der Waals surface area contributed by atoms with Crippen molar-refractivity contribution in [2.45, 2.75) is 6.42 Å². The fraction of sp³-hybridized carbons (Fsp3) is 0.143. The summed E-state index contributed by atoms with van der Waals surface area (Å²) >= 11 is 0. The van der Waals surface area contributed by atoms with E-state index in [0.29, 0.717) is 17.8 Å². The molecule has 2 rings (SSSR count). The first-order valence-corrected chi connectivity index (χ1v) is 5.70. The molecule has 2 aromatic rings. The molecule has 6 N–H and O–H groups in total. The number of aromatic hydroxyl groups is 1. The highest BCUT2D eigenvalue weighted by Crippen LogP contribution is 2.32. The van der Waals surface area contributed by atoms with Crippen LogP contribution in [0.5, 0.6) is 5.75 Å². The average Bonchev–Trinajstić information content (AvgIpc) is 2.31. The Bertz CT molecular complexity index is 547. The Labute approximate surface area is 105 Å². The molecular formula is C14H16N2O2. The predicted octanol–water partition coefficient (Wildman–Crippen LogP) is 1.76. The van der Waals surface area contributed by atoms with Crippen molar-refractivity contribution in [2.75, 3.05) is 18.1 Å². The zero-order chi connectivity index (χ0) is 13.1. The third-order valence-corrected chi connectivity index (χ3v) is 2.83. The van der Waals surface area contributed by atoms with Crippen LogP contribution in [0.3, 0.4) is 0 Å². The molecular weight excluding hydrogens is 228 g/mol. The van der Waals surface area contributed by atoms with Crippen LogP contribution < -0.4 is 11.5 Å².